The molecule has 0 spiro atoms. The smallest absolute Gasteiger partial charge is 0.494 e. The van der Waals surface area contributed by atoms with E-state index in [1.807, 2.05) is 18.2 Å². The highest BCUT2D eigenvalue weighted by Gasteiger charge is 2.30. The van der Waals surface area contributed by atoms with Crippen molar-refractivity contribution in [1.82, 2.24) is 9.97 Å². The SMILES string of the molecule is COc1cc(-c2ccc[nH]2)[nH]c1C=Nc1ccc(OC(F)(F)F)cc1. The molecule has 0 aliphatic heterocycles. The van der Waals surface area contributed by atoms with Crippen LogP contribution in [0.3, 0.4) is 0 Å². The molecule has 130 valence electrons. The Labute approximate surface area is 141 Å². The van der Waals surface area contributed by atoms with E-state index in [4.69, 9.17) is 4.74 Å². The van der Waals surface area contributed by atoms with Crippen LogP contribution in [0.4, 0.5) is 18.9 Å². The van der Waals surface area contributed by atoms with E-state index in [0.29, 0.717) is 17.1 Å². The lowest BCUT2D eigenvalue weighted by molar-refractivity contribution is -0.274. The van der Waals surface area contributed by atoms with Gasteiger partial charge in [-0.2, -0.15) is 0 Å². The number of hydrogen-bond acceptors (Lipinski definition) is 3. The molecule has 0 atom stereocenters. The molecule has 1 aromatic carbocycles. The molecule has 2 aromatic heterocycles. The molecule has 0 amide bonds. The average molecular weight is 349 g/mol. The van der Waals surface area contributed by atoms with Crippen LogP contribution in [0.25, 0.3) is 11.4 Å². The van der Waals surface area contributed by atoms with Gasteiger partial charge in [0, 0.05) is 12.3 Å². The summed E-state index contributed by atoms with van der Waals surface area (Å²) in [7, 11) is 1.54. The molecule has 0 saturated carbocycles. The van der Waals surface area contributed by atoms with Crippen molar-refractivity contribution < 1.29 is 22.6 Å². The Balaban J connectivity index is 1.77. The van der Waals surface area contributed by atoms with Gasteiger partial charge in [-0.3, -0.25) is 4.99 Å². The van der Waals surface area contributed by atoms with Crippen molar-refractivity contribution in [2.45, 2.75) is 6.36 Å². The zero-order chi connectivity index (χ0) is 17.9. The number of H-pyrrole nitrogens is 2. The lowest BCUT2D eigenvalue weighted by atomic mass is 10.3. The summed E-state index contributed by atoms with van der Waals surface area (Å²) in [6, 6.07) is 10.9. The number of aromatic nitrogens is 2. The molecule has 0 fully saturated rings. The third-order valence-electron chi connectivity index (χ3n) is 3.33. The maximum Gasteiger partial charge on any atom is 0.573 e. The number of aromatic amines is 2. The second-order valence-corrected chi connectivity index (χ2v) is 5.05. The van der Waals surface area contributed by atoms with Crippen molar-refractivity contribution in [1.29, 1.82) is 0 Å². The number of nitrogens with one attached hydrogen (secondary N) is 2. The molecule has 8 heteroatoms. The van der Waals surface area contributed by atoms with Crippen LogP contribution in [-0.4, -0.2) is 29.7 Å². The van der Waals surface area contributed by atoms with Gasteiger partial charge >= 0.3 is 6.36 Å². The lowest BCUT2D eigenvalue weighted by Gasteiger charge is -2.08. The fourth-order valence-electron chi connectivity index (χ4n) is 2.23. The fourth-order valence-corrected chi connectivity index (χ4v) is 2.23. The summed E-state index contributed by atoms with van der Waals surface area (Å²) in [5, 5.41) is 0. The quantitative estimate of drug-likeness (QED) is 0.658. The third kappa shape index (κ3) is 4.23. The highest BCUT2D eigenvalue weighted by Crippen LogP contribution is 2.27. The Morgan fingerprint density at radius 3 is 2.44 bits per heavy atom. The summed E-state index contributed by atoms with van der Waals surface area (Å²) in [6.07, 6.45) is -1.36. The summed E-state index contributed by atoms with van der Waals surface area (Å²) in [4.78, 5) is 10.5. The van der Waals surface area contributed by atoms with E-state index in [9.17, 15) is 13.2 Å². The Bertz CT molecular complexity index is 850. The topological polar surface area (TPSA) is 62.4 Å². The minimum atomic E-state index is -4.71. The predicted octanol–water partition coefficient (Wildman–Crippen LogP) is 4.67. The highest BCUT2D eigenvalue weighted by atomic mass is 19.4. The highest BCUT2D eigenvalue weighted by molar-refractivity contribution is 5.85. The first kappa shape index (κ1) is 16.7. The van der Waals surface area contributed by atoms with Gasteiger partial charge in [0.25, 0.3) is 0 Å². The number of benzene rings is 1. The molecule has 0 saturated heterocycles. The number of hydrogen-bond donors (Lipinski definition) is 2. The molecule has 2 heterocycles. The van der Waals surface area contributed by atoms with E-state index in [2.05, 4.69) is 19.7 Å². The van der Waals surface area contributed by atoms with Gasteiger partial charge in [0.1, 0.15) is 11.5 Å². The first-order chi connectivity index (χ1) is 11.9. The van der Waals surface area contributed by atoms with E-state index >= 15 is 0 Å². The van der Waals surface area contributed by atoms with Gasteiger partial charge in [0.15, 0.2) is 0 Å². The van der Waals surface area contributed by atoms with Crippen molar-refractivity contribution >= 4 is 11.9 Å². The molecule has 25 heavy (non-hydrogen) atoms. The van der Waals surface area contributed by atoms with Crippen molar-refractivity contribution in [2.24, 2.45) is 4.99 Å². The van der Waals surface area contributed by atoms with Gasteiger partial charge < -0.3 is 19.4 Å². The summed E-state index contributed by atoms with van der Waals surface area (Å²) >= 11 is 0. The van der Waals surface area contributed by atoms with Crippen LogP contribution in [0.2, 0.25) is 0 Å². The van der Waals surface area contributed by atoms with Crippen molar-refractivity contribution in [3.63, 3.8) is 0 Å². The van der Waals surface area contributed by atoms with Crippen LogP contribution in [-0.2, 0) is 0 Å². The van der Waals surface area contributed by atoms with Gasteiger partial charge in [-0.1, -0.05) is 0 Å². The van der Waals surface area contributed by atoms with E-state index in [1.165, 1.54) is 24.3 Å². The third-order valence-corrected chi connectivity index (χ3v) is 3.33. The molecule has 0 radical (unpaired) electrons. The molecule has 0 bridgehead atoms. The van der Waals surface area contributed by atoms with Gasteiger partial charge in [-0.05, 0) is 36.4 Å². The summed E-state index contributed by atoms with van der Waals surface area (Å²) in [5.74, 6) is 0.309. The zero-order valence-corrected chi connectivity index (χ0v) is 13.1. The van der Waals surface area contributed by atoms with Crippen LogP contribution in [0.5, 0.6) is 11.5 Å². The molecule has 0 unspecified atom stereocenters. The van der Waals surface area contributed by atoms with E-state index in [0.717, 1.165) is 11.4 Å². The monoisotopic (exact) mass is 349 g/mol. The maximum absolute atomic E-state index is 12.1. The minimum Gasteiger partial charge on any atom is -0.494 e. The number of aliphatic imine (C=N–C) groups is 1. The van der Waals surface area contributed by atoms with E-state index in [-0.39, 0.29) is 5.75 Å². The number of methoxy groups -OCH3 is 1. The molecule has 0 aliphatic rings. The summed E-state index contributed by atoms with van der Waals surface area (Å²) < 4.78 is 45.5. The zero-order valence-electron chi connectivity index (χ0n) is 13.1. The van der Waals surface area contributed by atoms with Gasteiger partial charge in [-0.15, -0.1) is 13.2 Å². The van der Waals surface area contributed by atoms with E-state index < -0.39 is 6.36 Å². The second kappa shape index (κ2) is 6.76. The Kier molecular flexibility index (Phi) is 4.51. The van der Waals surface area contributed by atoms with Crippen LogP contribution < -0.4 is 9.47 Å². The van der Waals surface area contributed by atoms with E-state index in [1.54, 1.807) is 19.5 Å². The number of nitrogens with zero attached hydrogens (tertiary/aromatic N) is 1. The van der Waals surface area contributed by atoms with Crippen molar-refractivity contribution in [3.8, 4) is 22.9 Å². The molecule has 5 nitrogen and oxygen atoms in total. The largest absolute Gasteiger partial charge is 0.573 e. The van der Waals surface area contributed by atoms with Crippen molar-refractivity contribution in [2.75, 3.05) is 7.11 Å². The van der Waals surface area contributed by atoms with Crippen LogP contribution in [0.15, 0.2) is 53.7 Å². The molecule has 2 N–H and O–H groups in total. The first-order valence-corrected chi connectivity index (χ1v) is 7.25. The lowest BCUT2D eigenvalue weighted by Crippen LogP contribution is -2.16. The predicted molar refractivity (Wildman–Crippen MR) is 87.5 cm³/mol. The van der Waals surface area contributed by atoms with Crippen LogP contribution >= 0.6 is 0 Å². The molecule has 0 aliphatic carbocycles. The van der Waals surface area contributed by atoms with Gasteiger partial charge in [-0.25, -0.2) is 0 Å². The van der Waals surface area contributed by atoms with Crippen LogP contribution in [0.1, 0.15) is 5.69 Å². The number of rotatable bonds is 5. The average Bonchev–Trinajstić information content (AvgIpc) is 3.22. The number of alkyl halides is 3. The first-order valence-electron chi connectivity index (χ1n) is 7.25. The molecular weight excluding hydrogens is 335 g/mol. The maximum atomic E-state index is 12.1. The molecular formula is C17H14F3N3O2. The van der Waals surface area contributed by atoms with Gasteiger partial charge in [0.2, 0.25) is 0 Å². The number of halogens is 3. The summed E-state index contributed by atoms with van der Waals surface area (Å²) in [5.41, 5.74) is 2.85. The van der Waals surface area contributed by atoms with Crippen molar-refractivity contribution in [3.05, 3.63) is 54.4 Å². The van der Waals surface area contributed by atoms with Crippen LogP contribution in [0, 0.1) is 0 Å². The minimum absolute atomic E-state index is 0.294. The summed E-state index contributed by atoms with van der Waals surface area (Å²) in [6.45, 7) is 0. The Morgan fingerprint density at radius 2 is 1.84 bits per heavy atom. The number of ether oxygens (including phenoxy) is 2. The fraction of sp³-hybridized carbons (Fsp3) is 0.118. The molecule has 3 rings (SSSR count). The standard InChI is InChI=1S/C17H14F3N3O2/c1-24-16-9-14(13-3-2-8-21-13)23-15(16)10-22-11-4-6-12(7-5-11)25-17(18,19)20/h2-10,21,23H,1H3. The Morgan fingerprint density at radius 1 is 1.08 bits per heavy atom. The second-order valence-electron chi connectivity index (χ2n) is 5.05. The Hall–Kier alpha value is -3.16. The normalized spacial score (nSPS) is 11.8. The molecule has 3 aromatic rings. The van der Waals surface area contributed by atoms with Gasteiger partial charge in [0.05, 0.1) is 36.1 Å².